The van der Waals surface area contributed by atoms with Gasteiger partial charge in [-0.2, -0.15) is 8.42 Å². The van der Waals surface area contributed by atoms with Gasteiger partial charge in [-0.1, -0.05) is 0 Å². The first-order valence-corrected chi connectivity index (χ1v) is 9.60. The number of nitrogens with zero attached hydrogens (tertiary/aromatic N) is 3. The van der Waals surface area contributed by atoms with Crippen LogP contribution in [0.15, 0.2) is 51.5 Å². The Balaban J connectivity index is 2.46. The van der Waals surface area contributed by atoms with Crippen LogP contribution in [0.3, 0.4) is 0 Å². The maximum atomic E-state index is 11.9. The predicted octanol–water partition coefficient (Wildman–Crippen LogP) is 3.18. The molecule has 1 amide bonds. The van der Waals surface area contributed by atoms with Crippen LogP contribution in [0.2, 0.25) is 0 Å². The molecular weight excluding hydrogens is 420 g/mol. The minimum Gasteiger partial charge on any atom is -0.497 e. The number of rotatable bonds is 8. The molecule has 0 aromatic heterocycles. The molecule has 0 saturated heterocycles. The first-order chi connectivity index (χ1) is 14.0. The summed E-state index contributed by atoms with van der Waals surface area (Å²) in [7, 11) is -3.26. The molecule has 0 heterocycles. The minimum atomic E-state index is -4.65. The second kappa shape index (κ2) is 9.19. The topological polar surface area (TPSA) is 178 Å². The number of carbonyl (C=O) groups excluding carboxylic acids is 2. The van der Waals surface area contributed by atoms with Crippen LogP contribution < -0.4 is 10.1 Å². The van der Waals surface area contributed by atoms with Gasteiger partial charge in [0.1, 0.15) is 22.1 Å². The zero-order valence-corrected chi connectivity index (χ0v) is 16.5. The third-order valence-electron chi connectivity index (χ3n) is 3.60. The number of amides is 1. The summed E-state index contributed by atoms with van der Waals surface area (Å²) >= 11 is 0. The van der Waals surface area contributed by atoms with Crippen LogP contribution in [-0.2, 0) is 19.7 Å². The molecule has 2 aromatic rings. The Morgan fingerprint density at radius 3 is 2.40 bits per heavy atom. The van der Waals surface area contributed by atoms with E-state index in [1.165, 1.54) is 32.2 Å². The Morgan fingerprint density at radius 2 is 1.83 bits per heavy atom. The third kappa shape index (κ3) is 5.89. The molecule has 2 rings (SSSR count). The number of ether oxygens (including phenoxy) is 1. The molecule has 2 N–H and O–H groups in total. The predicted molar refractivity (Wildman–Crippen MR) is 104 cm³/mol. The quantitative estimate of drug-likeness (QED) is 0.208. The highest BCUT2D eigenvalue weighted by molar-refractivity contribution is 7.85. The number of methoxy groups -OCH3 is 1. The third-order valence-corrected chi connectivity index (χ3v) is 4.45. The van der Waals surface area contributed by atoms with Crippen LogP contribution >= 0.6 is 0 Å². The molecule has 0 unspecified atom stereocenters. The highest BCUT2D eigenvalue weighted by Crippen LogP contribution is 2.34. The Bertz CT molecular complexity index is 1140. The number of carbonyl (C=O) groups is 2. The van der Waals surface area contributed by atoms with Gasteiger partial charge in [0.15, 0.2) is 5.69 Å². The molecule has 0 spiro atoms. The van der Waals surface area contributed by atoms with Crippen molar-refractivity contribution in [3.8, 4) is 5.75 Å². The van der Waals surface area contributed by atoms with E-state index in [1.807, 2.05) is 0 Å². The lowest BCUT2D eigenvalue weighted by atomic mass is 10.2. The standard InChI is InChI=1S/C17H16N4O8S/c1-10(22)7-17(23)18-13-5-3-11(29-2)8-15(13)20-19-14-6-4-12(30(26,27)28)9-16(14)21(24)25/h3-6,8-9H,7H2,1-2H3,(H,18,23)(H,26,27,28). The molecule has 158 valence electrons. The fraction of sp³-hybridized carbons (Fsp3) is 0.176. The Kier molecular flexibility index (Phi) is 6.92. The number of ketones is 1. The van der Waals surface area contributed by atoms with Crippen molar-refractivity contribution >= 4 is 44.6 Å². The molecule has 0 aliphatic heterocycles. The summed E-state index contributed by atoms with van der Waals surface area (Å²) in [6, 6.07) is 6.93. The summed E-state index contributed by atoms with van der Waals surface area (Å²) in [5.74, 6) is -0.587. The molecule has 12 nitrogen and oxygen atoms in total. The van der Waals surface area contributed by atoms with Gasteiger partial charge >= 0.3 is 0 Å². The maximum Gasteiger partial charge on any atom is 0.298 e. The highest BCUT2D eigenvalue weighted by Gasteiger charge is 2.20. The average Bonchev–Trinajstić information content (AvgIpc) is 2.65. The summed E-state index contributed by atoms with van der Waals surface area (Å²) in [5, 5.41) is 21.4. The zero-order valence-electron chi connectivity index (χ0n) is 15.7. The van der Waals surface area contributed by atoms with Gasteiger partial charge in [0.25, 0.3) is 15.8 Å². The van der Waals surface area contributed by atoms with E-state index in [4.69, 9.17) is 9.29 Å². The van der Waals surface area contributed by atoms with E-state index in [-0.39, 0.29) is 29.3 Å². The number of azo groups is 1. The lowest BCUT2D eigenvalue weighted by Crippen LogP contribution is -2.14. The number of hydrogen-bond acceptors (Lipinski definition) is 9. The number of Topliss-reactive ketones (excluding diaryl/α,β-unsaturated/α-hetero) is 1. The molecule has 0 fully saturated rings. The molecule has 0 radical (unpaired) electrons. The lowest BCUT2D eigenvalue weighted by Gasteiger charge is -2.09. The molecule has 30 heavy (non-hydrogen) atoms. The second-order valence-corrected chi connectivity index (χ2v) is 7.31. The molecule has 0 aliphatic carbocycles. The first-order valence-electron chi connectivity index (χ1n) is 8.16. The summed E-state index contributed by atoms with van der Waals surface area (Å²) < 4.78 is 36.5. The molecule has 0 saturated carbocycles. The number of nitro benzene ring substituents is 1. The number of nitrogens with one attached hydrogen (secondary N) is 1. The molecular formula is C17H16N4O8S. The highest BCUT2D eigenvalue weighted by atomic mass is 32.2. The monoisotopic (exact) mass is 436 g/mol. The summed E-state index contributed by atoms with van der Waals surface area (Å²) in [6.45, 7) is 1.25. The number of anilines is 1. The van der Waals surface area contributed by atoms with Crippen molar-refractivity contribution in [1.29, 1.82) is 0 Å². The molecule has 2 aromatic carbocycles. The molecule has 0 atom stereocenters. The van der Waals surface area contributed by atoms with E-state index in [0.717, 1.165) is 12.1 Å². The zero-order chi connectivity index (χ0) is 22.5. The maximum absolute atomic E-state index is 11.9. The van der Waals surface area contributed by atoms with Crippen molar-refractivity contribution in [2.75, 3.05) is 12.4 Å². The largest absolute Gasteiger partial charge is 0.497 e. The summed E-state index contributed by atoms with van der Waals surface area (Å²) in [6.07, 6.45) is -0.356. The van der Waals surface area contributed by atoms with Crippen molar-refractivity contribution < 1.29 is 32.2 Å². The van der Waals surface area contributed by atoms with Gasteiger partial charge in [0, 0.05) is 12.1 Å². The normalized spacial score (nSPS) is 11.3. The van der Waals surface area contributed by atoms with Gasteiger partial charge in [-0.25, -0.2) is 0 Å². The van der Waals surface area contributed by atoms with Crippen molar-refractivity contribution in [1.82, 2.24) is 0 Å². The second-order valence-electron chi connectivity index (χ2n) is 5.89. The van der Waals surface area contributed by atoms with Gasteiger partial charge in [0.05, 0.1) is 24.1 Å². The van der Waals surface area contributed by atoms with Crippen LogP contribution in [0.25, 0.3) is 0 Å². The van der Waals surface area contributed by atoms with Crippen molar-refractivity contribution in [2.45, 2.75) is 18.2 Å². The Morgan fingerprint density at radius 1 is 1.17 bits per heavy atom. The SMILES string of the molecule is COc1ccc(NC(=O)CC(C)=O)c(N=Nc2ccc(S(=O)(=O)O)cc2[N+](=O)[O-])c1. The van der Waals surface area contributed by atoms with Crippen LogP contribution in [0.5, 0.6) is 5.75 Å². The van der Waals surface area contributed by atoms with Gasteiger partial charge in [-0.3, -0.25) is 24.3 Å². The Hall–Kier alpha value is -3.71. The van der Waals surface area contributed by atoms with Crippen molar-refractivity contribution in [3.05, 3.63) is 46.5 Å². The van der Waals surface area contributed by atoms with Crippen LogP contribution in [-0.4, -0.2) is 36.7 Å². The van der Waals surface area contributed by atoms with E-state index in [1.54, 1.807) is 0 Å². The fourth-order valence-electron chi connectivity index (χ4n) is 2.25. The smallest absolute Gasteiger partial charge is 0.298 e. The number of hydrogen-bond donors (Lipinski definition) is 2. The van der Waals surface area contributed by atoms with Crippen molar-refractivity contribution in [2.24, 2.45) is 10.2 Å². The van der Waals surface area contributed by atoms with Crippen molar-refractivity contribution in [3.63, 3.8) is 0 Å². The Labute approximate surface area is 170 Å². The molecule has 0 bridgehead atoms. The van der Waals surface area contributed by atoms with Gasteiger partial charge in [-0.15, -0.1) is 10.2 Å². The van der Waals surface area contributed by atoms with Crippen LogP contribution in [0.1, 0.15) is 13.3 Å². The van der Waals surface area contributed by atoms with E-state index >= 15 is 0 Å². The average molecular weight is 436 g/mol. The van der Waals surface area contributed by atoms with E-state index in [2.05, 4.69) is 15.5 Å². The van der Waals surface area contributed by atoms with Crippen LogP contribution in [0, 0.1) is 10.1 Å². The fourth-order valence-corrected chi connectivity index (χ4v) is 2.75. The number of nitro groups is 1. The summed E-state index contributed by atoms with van der Waals surface area (Å²) in [4.78, 5) is 32.7. The van der Waals surface area contributed by atoms with E-state index in [9.17, 15) is 28.1 Å². The summed E-state index contributed by atoms with van der Waals surface area (Å²) in [5.41, 5.74) is -0.766. The lowest BCUT2D eigenvalue weighted by molar-refractivity contribution is -0.384. The van der Waals surface area contributed by atoms with Gasteiger partial charge < -0.3 is 10.1 Å². The van der Waals surface area contributed by atoms with Gasteiger partial charge in [0.2, 0.25) is 5.91 Å². The van der Waals surface area contributed by atoms with E-state index < -0.39 is 31.5 Å². The molecule has 0 aliphatic rings. The van der Waals surface area contributed by atoms with Crippen LogP contribution in [0.4, 0.5) is 22.7 Å². The number of benzene rings is 2. The molecule has 13 heteroatoms. The first kappa shape index (κ1) is 22.6. The van der Waals surface area contributed by atoms with Gasteiger partial charge in [-0.05, 0) is 31.2 Å². The van der Waals surface area contributed by atoms with E-state index in [0.29, 0.717) is 11.8 Å². The minimum absolute atomic E-state index is 0.0689.